The van der Waals surface area contributed by atoms with Crippen molar-refractivity contribution in [2.75, 3.05) is 11.9 Å². The standard InChI is InChI=1S/C19H19F3N2O3/c1-3-27-16(25)18(19(20,21)22,14-7-5-4-6-8-14)24-17(26)23-15-11-9-13(2)10-12-15/h4-12H,3H2,1-2H3,(H2,23,24,26)/t18-/m1/s1. The Labute approximate surface area is 154 Å². The summed E-state index contributed by atoms with van der Waals surface area (Å²) in [6.45, 7) is 2.94. The van der Waals surface area contributed by atoms with Gasteiger partial charge in [-0.15, -0.1) is 0 Å². The molecule has 0 radical (unpaired) electrons. The van der Waals surface area contributed by atoms with E-state index in [2.05, 4.69) is 10.1 Å². The molecule has 1 atom stereocenters. The zero-order chi connectivity index (χ0) is 20.1. The van der Waals surface area contributed by atoms with E-state index >= 15 is 0 Å². The van der Waals surface area contributed by atoms with Crippen LogP contribution in [0.5, 0.6) is 0 Å². The highest BCUT2D eigenvalue weighted by Crippen LogP contribution is 2.40. The number of benzene rings is 2. The fourth-order valence-corrected chi connectivity index (χ4v) is 2.49. The van der Waals surface area contributed by atoms with Gasteiger partial charge in [0, 0.05) is 5.69 Å². The van der Waals surface area contributed by atoms with Gasteiger partial charge in [0.05, 0.1) is 6.61 Å². The third kappa shape index (κ3) is 4.39. The number of rotatable bonds is 5. The molecular formula is C19H19F3N2O3. The lowest BCUT2D eigenvalue weighted by molar-refractivity contribution is -0.213. The van der Waals surface area contributed by atoms with Crippen LogP contribution in [-0.4, -0.2) is 24.8 Å². The molecule has 0 fully saturated rings. The van der Waals surface area contributed by atoms with Gasteiger partial charge in [0.15, 0.2) is 0 Å². The van der Waals surface area contributed by atoms with Crippen LogP contribution in [-0.2, 0) is 15.1 Å². The molecular weight excluding hydrogens is 361 g/mol. The Bertz CT molecular complexity index is 792. The van der Waals surface area contributed by atoms with Crippen LogP contribution in [0, 0.1) is 6.92 Å². The molecule has 2 amide bonds. The molecule has 0 aliphatic rings. The quantitative estimate of drug-likeness (QED) is 0.767. The summed E-state index contributed by atoms with van der Waals surface area (Å²) < 4.78 is 46.8. The third-order valence-corrected chi connectivity index (χ3v) is 3.82. The summed E-state index contributed by atoms with van der Waals surface area (Å²) in [5.41, 5.74) is -2.58. The van der Waals surface area contributed by atoms with Gasteiger partial charge >= 0.3 is 18.2 Å². The third-order valence-electron chi connectivity index (χ3n) is 3.82. The first-order valence-corrected chi connectivity index (χ1v) is 8.16. The Hall–Kier alpha value is -3.03. The molecule has 8 heteroatoms. The molecule has 2 rings (SSSR count). The van der Waals surface area contributed by atoms with Crippen molar-refractivity contribution in [2.24, 2.45) is 0 Å². The number of ether oxygens (including phenoxy) is 1. The first kappa shape index (κ1) is 20.3. The molecule has 0 spiro atoms. The molecule has 5 nitrogen and oxygen atoms in total. The molecule has 27 heavy (non-hydrogen) atoms. The number of hydrogen-bond acceptors (Lipinski definition) is 3. The maximum absolute atomic E-state index is 14.0. The van der Waals surface area contributed by atoms with E-state index in [1.807, 2.05) is 6.92 Å². The van der Waals surface area contributed by atoms with E-state index in [0.29, 0.717) is 0 Å². The highest BCUT2D eigenvalue weighted by molar-refractivity contribution is 5.95. The molecule has 0 aromatic heterocycles. The van der Waals surface area contributed by atoms with Crippen LogP contribution in [0.15, 0.2) is 54.6 Å². The minimum Gasteiger partial charge on any atom is -0.464 e. The predicted molar refractivity (Wildman–Crippen MR) is 94.1 cm³/mol. The van der Waals surface area contributed by atoms with Crippen LogP contribution >= 0.6 is 0 Å². The molecule has 0 bridgehead atoms. The number of amides is 2. The lowest BCUT2D eigenvalue weighted by Gasteiger charge is -2.34. The van der Waals surface area contributed by atoms with Crippen molar-refractivity contribution >= 4 is 17.7 Å². The van der Waals surface area contributed by atoms with E-state index in [0.717, 1.165) is 17.7 Å². The van der Waals surface area contributed by atoms with Gasteiger partial charge in [-0.3, -0.25) is 0 Å². The molecule has 0 saturated carbocycles. The van der Waals surface area contributed by atoms with Crippen LogP contribution in [0.1, 0.15) is 18.1 Å². The second kappa shape index (κ2) is 8.11. The average Bonchev–Trinajstić information content (AvgIpc) is 2.61. The number of alkyl halides is 3. The van der Waals surface area contributed by atoms with Crippen molar-refractivity contribution in [3.63, 3.8) is 0 Å². The summed E-state index contributed by atoms with van der Waals surface area (Å²) in [5, 5.41) is 4.09. The molecule has 0 saturated heterocycles. The van der Waals surface area contributed by atoms with Crippen molar-refractivity contribution in [3.8, 4) is 0 Å². The van der Waals surface area contributed by atoms with Gasteiger partial charge in [0.25, 0.3) is 5.54 Å². The smallest absolute Gasteiger partial charge is 0.426 e. The van der Waals surface area contributed by atoms with Gasteiger partial charge in [-0.1, -0.05) is 48.0 Å². The molecule has 0 unspecified atom stereocenters. The van der Waals surface area contributed by atoms with Gasteiger partial charge in [0.2, 0.25) is 0 Å². The predicted octanol–water partition coefficient (Wildman–Crippen LogP) is 4.14. The highest BCUT2D eigenvalue weighted by atomic mass is 19.4. The van der Waals surface area contributed by atoms with Crippen molar-refractivity contribution < 1.29 is 27.5 Å². The van der Waals surface area contributed by atoms with E-state index in [9.17, 15) is 22.8 Å². The van der Waals surface area contributed by atoms with Crippen LogP contribution in [0.25, 0.3) is 0 Å². The molecule has 0 heterocycles. The van der Waals surface area contributed by atoms with Crippen LogP contribution in [0.3, 0.4) is 0 Å². The molecule has 0 aliphatic carbocycles. The maximum Gasteiger partial charge on any atom is 0.426 e. The number of aryl methyl sites for hydroxylation is 1. The number of hydrogen-bond donors (Lipinski definition) is 2. The number of esters is 1. The zero-order valence-corrected chi connectivity index (χ0v) is 14.8. The monoisotopic (exact) mass is 380 g/mol. The summed E-state index contributed by atoms with van der Waals surface area (Å²) in [4.78, 5) is 24.7. The zero-order valence-electron chi connectivity index (χ0n) is 14.8. The van der Waals surface area contributed by atoms with Gasteiger partial charge in [0.1, 0.15) is 0 Å². The number of halogens is 3. The fourth-order valence-electron chi connectivity index (χ4n) is 2.49. The van der Waals surface area contributed by atoms with Crippen molar-refractivity contribution in [2.45, 2.75) is 25.6 Å². The van der Waals surface area contributed by atoms with Crippen LogP contribution < -0.4 is 10.6 Å². The van der Waals surface area contributed by atoms with E-state index in [1.165, 1.54) is 37.3 Å². The number of carbonyl (C=O) groups is 2. The molecule has 0 aliphatic heterocycles. The van der Waals surface area contributed by atoms with Crippen LogP contribution in [0.2, 0.25) is 0 Å². The largest absolute Gasteiger partial charge is 0.464 e. The van der Waals surface area contributed by atoms with E-state index in [4.69, 9.17) is 0 Å². The molecule has 144 valence electrons. The number of anilines is 1. The Morgan fingerprint density at radius 2 is 1.59 bits per heavy atom. The Kier molecular flexibility index (Phi) is 6.09. The van der Waals surface area contributed by atoms with Crippen molar-refractivity contribution in [1.29, 1.82) is 0 Å². The van der Waals surface area contributed by atoms with E-state index in [-0.39, 0.29) is 12.3 Å². The fraction of sp³-hybridized carbons (Fsp3) is 0.263. The second-order valence-corrected chi connectivity index (χ2v) is 5.78. The van der Waals surface area contributed by atoms with Gasteiger partial charge in [-0.05, 0) is 31.5 Å². The second-order valence-electron chi connectivity index (χ2n) is 5.78. The lowest BCUT2D eigenvalue weighted by Crippen LogP contribution is -2.62. The topological polar surface area (TPSA) is 67.4 Å². The molecule has 2 N–H and O–H groups in total. The summed E-state index contributed by atoms with van der Waals surface area (Å²) in [7, 11) is 0. The Balaban J connectivity index is 2.43. The Morgan fingerprint density at radius 1 is 1.00 bits per heavy atom. The normalized spacial score (nSPS) is 13.4. The molecule has 2 aromatic carbocycles. The number of urea groups is 1. The average molecular weight is 380 g/mol. The minimum absolute atomic E-state index is 0.273. The Morgan fingerprint density at radius 3 is 2.11 bits per heavy atom. The first-order chi connectivity index (χ1) is 12.7. The summed E-state index contributed by atoms with van der Waals surface area (Å²) in [6.07, 6.45) is -5.13. The summed E-state index contributed by atoms with van der Waals surface area (Å²) >= 11 is 0. The van der Waals surface area contributed by atoms with Crippen LogP contribution in [0.4, 0.5) is 23.7 Å². The summed E-state index contributed by atoms with van der Waals surface area (Å²) in [6, 6.07) is 11.7. The number of nitrogens with one attached hydrogen (secondary N) is 2. The minimum atomic E-state index is -5.13. The molecule has 2 aromatic rings. The van der Waals surface area contributed by atoms with E-state index in [1.54, 1.807) is 17.4 Å². The first-order valence-electron chi connectivity index (χ1n) is 8.16. The maximum atomic E-state index is 14.0. The van der Waals surface area contributed by atoms with Gasteiger partial charge in [-0.2, -0.15) is 13.2 Å². The SMILES string of the molecule is CCOC(=O)[C@](NC(=O)Nc1ccc(C)cc1)(c1ccccc1)C(F)(F)F. The van der Waals surface area contributed by atoms with Gasteiger partial charge < -0.3 is 15.4 Å². The van der Waals surface area contributed by atoms with Crippen molar-refractivity contribution in [3.05, 3.63) is 65.7 Å². The van der Waals surface area contributed by atoms with Gasteiger partial charge in [-0.25, -0.2) is 9.59 Å². The highest BCUT2D eigenvalue weighted by Gasteiger charge is 2.64. The van der Waals surface area contributed by atoms with E-state index < -0.39 is 29.3 Å². The summed E-state index contributed by atoms with van der Waals surface area (Å²) in [5.74, 6) is -1.61. The lowest BCUT2D eigenvalue weighted by atomic mass is 9.89. The van der Waals surface area contributed by atoms with Crippen molar-refractivity contribution in [1.82, 2.24) is 5.32 Å². The number of carbonyl (C=O) groups excluding carboxylic acids is 2.